The fourth-order valence-corrected chi connectivity index (χ4v) is 3.33. The van der Waals surface area contributed by atoms with Crippen LogP contribution in [0.2, 0.25) is 0 Å². The zero-order valence-electron chi connectivity index (χ0n) is 67.6. The number of pyridine rings is 7. The number of nitrogens with zero attached hydrogens (tertiary/aromatic N) is 7. The topological polar surface area (TPSA) is 312 Å². The van der Waals surface area contributed by atoms with Gasteiger partial charge < -0.3 is 108 Å². The molecule has 605 valence electrons. The van der Waals surface area contributed by atoms with Crippen molar-refractivity contribution < 1.29 is 272 Å². The van der Waals surface area contributed by atoms with Crippen LogP contribution in [0.3, 0.4) is 0 Å². The van der Waals surface area contributed by atoms with E-state index in [9.17, 15) is 33.6 Å². The molecule has 0 spiro atoms. The molecule has 7 aromatic heterocycles. The molecule has 0 amide bonds. The predicted octanol–water partition coefficient (Wildman–Crippen LogP) is 15.3. The van der Waals surface area contributed by atoms with Gasteiger partial charge in [-0.3, -0.25) is 24.0 Å². The maximum atomic E-state index is 10.8. The zero-order valence-corrected chi connectivity index (χ0v) is 85.8. The van der Waals surface area contributed by atoms with Gasteiger partial charge in [0.1, 0.15) is 28.4 Å². The van der Waals surface area contributed by atoms with Gasteiger partial charge in [0.05, 0.1) is 6.20 Å². The summed E-state index contributed by atoms with van der Waals surface area (Å²) in [5, 5.41) is 51.8. The third kappa shape index (κ3) is 152. The fourth-order valence-electron chi connectivity index (χ4n) is 3.33. The van der Waals surface area contributed by atoms with Crippen LogP contribution in [-0.4, -0.2) is 44.9 Å². The van der Waals surface area contributed by atoms with Gasteiger partial charge in [-0.1, -0.05) is 170 Å². The van der Waals surface area contributed by atoms with Crippen molar-refractivity contribution in [3.63, 3.8) is 0 Å². The van der Waals surface area contributed by atoms with Gasteiger partial charge in [-0.25, -0.2) is 0 Å². The fraction of sp³-hybridized carbons (Fsp3) is 0.438. The first-order chi connectivity index (χ1) is 39.8. The van der Waals surface area contributed by atoms with E-state index in [1.807, 2.05) is 54.9 Å². The van der Waals surface area contributed by atoms with Gasteiger partial charge in [0.25, 0.3) is 11.1 Å². The van der Waals surface area contributed by atoms with Crippen LogP contribution in [0.25, 0.3) is 0 Å². The van der Waals surface area contributed by atoms with E-state index in [0.717, 1.165) is 12.1 Å². The molecule has 7 rings (SSSR count). The van der Waals surface area contributed by atoms with Crippen LogP contribution >= 0.6 is 0 Å². The molecule has 20 nitrogen and oxygen atoms in total. The van der Waals surface area contributed by atoms with Gasteiger partial charge in [-0.15, -0.1) is 6.20 Å². The molecule has 106 heavy (non-hydrogen) atoms. The van der Waals surface area contributed by atoms with E-state index in [1.54, 1.807) is 48.1 Å². The van der Waals surface area contributed by atoms with Crippen molar-refractivity contribution in [2.75, 3.05) is 0 Å². The van der Waals surface area contributed by atoms with Gasteiger partial charge in [-0.2, -0.15) is 54.3 Å². The Kier molecular flexibility index (Phi) is 190. The minimum absolute atomic E-state index is 0. The first kappa shape index (κ1) is 182. The first-order valence-electron chi connectivity index (χ1n) is 28.2. The molecule has 6 N–H and O–H groups in total. The third-order valence-corrected chi connectivity index (χ3v) is 6.51. The smallest absolute Gasteiger partial charge is 0.670 e. The van der Waals surface area contributed by atoms with Crippen molar-refractivity contribution in [3.05, 3.63) is 262 Å². The van der Waals surface area contributed by atoms with E-state index >= 15 is 0 Å². The Morgan fingerprint density at radius 2 is 0.670 bits per heavy atom. The number of aryl methyl sites for hydroxylation is 1. The third-order valence-electron chi connectivity index (χ3n) is 6.51. The maximum absolute atomic E-state index is 10.8. The van der Waals surface area contributed by atoms with E-state index in [2.05, 4.69) is 138 Å². The summed E-state index contributed by atoms with van der Waals surface area (Å²) in [5.74, 6) is -0.264. The summed E-state index contributed by atoms with van der Waals surface area (Å²) < 4.78 is 2.85. The second-order valence-electron chi connectivity index (χ2n) is 24.2. The van der Waals surface area contributed by atoms with Crippen LogP contribution in [0, 0.1) is 72.6 Å². The number of hydrogen-bond acceptors (Lipinski definition) is 13. The molecule has 0 atom stereocenters. The quantitative estimate of drug-likeness (QED) is 0.0607. The first-order valence-corrected chi connectivity index (χ1v) is 28.2. The van der Waals surface area contributed by atoms with Crippen LogP contribution in [0.5, 0.6) is 23.0 Å². The summed E-state index contributed by atoms with van der Waals surface area (Å²) in [4.78, 5) is 86.7. The largest absolute Gasteiger partial charge is 2.00 e. The minimum Gasteiger partial charge on any atom is -0.670 e. The molecule has 0 aliphatic heterocycles. The summed E-state index contributed by atoms with van der Waals surface area (Å²) >= 11 is 0. The summed E-state index contributed by atoms with van der Waals surface area (Å²) in [7, 11) is 0. The summed E-state index contributed by atoms with van der Waals surface area (Å²) in [5.41, 5.74) is -0.548. The van der Waals surface area contributed by atoms with Crippen LogP contribution in [0.1, 0.15) is 186 Å². The van der Waals surface area contributed by atoms with Crippen molar-refractivity contribution in [2.45, 2.75) is 192 Å². The molecule has 0 aliphatic rings. The number of aromatic nitrogens is 7. The molecule has 0 unspecified atom stereocenters. The van der Waals surface area contributed by atoms with Crippen molar-refractivity contribution in [2.24, 2.45) is 22.2 Å². The summed E-state index contributed by atoms with van der Waals surface area (Å²) in [6, 6.07) is 18.4. The summed E-state index contributed by atoms with van der Waals surface area (Å²) in [6.45, 7) is 52.7. The Morgan fingerprint density at radius 1 is 0.415 bits per heavy atom. The number of aromatic hydroxyl groups is 4. The second kappa shape index (κ2) is 110. The van der Waals surface area contributed by atoms with Crippen LogP contribution in [-0.2, 0) is 247 Å². The molecular formula is C73H127N7O13V13-8. The predicted molar refractivity (Wildman–Crippen MR) is 395 cm³/mol. The number of hydrogen-bond donors (Lipinski definition) is 6. The van der Waals surface area contributed by atoms with E-state index < -0.39 is 22.2 Å². The molecule has 13 radical (unpaired) electrons. The van der Waals surface area contributed by atoms with Crippen molar-refractivity contribution >= 4 is 0 Å². The van der Waals surface area contributed by atoms with Gasteiger partial charge >= 0.3 is 18.6 Å². The zero-order chi connectivity index (χ0) is 69.7. The van der Waals surface area contributed by atoms with Crippen LogP contribution in [0.15, 0.2) is 174 Å². The molecule has 0 aromatic carbocycles. The standard InChI is InChI=1S/C9H13NO2.C6H7NO.5C5H5NO2.3C5H12.C4H10.C3H8.C3H7.C2H6.CH4.5CH3.13V/c1-9(2,3)10-5-4-7(11)8(12)6-10;1-5-4-7-3-2-6(5)8;7-4-1-2-6-3-5(4)8;2*7-4-2-1-3-6-5(4)8;2*7-5-3-1-2-4-6(5)8;3*1-5(2,3)4;1-4(2)3;2*1-3-2;1-2;;;;;;;;;;;;;;;;;;;/h4-6,12H,1-3H3;2-4H,1H3,(H,7,8);3*1-3H,(H2,6,7,8);2*1-4,8H;3*1-4H3;4H,1-3H3;3H2,1-2H3;3H,1-2H3;1-2H3;1H4;5*1H3;;;;;;;;;;;;;/q;;;;;;;;;;;;-1;;;5*-1;;;;;;;;;;;;;+2/p-4. The van der Waals surface area contributed by atoms with Gasteiger partial charge in [0.15, 0.2) is 11.2 Å². The second-order valence-corrected chi connectivity index (χ2v) is 24.2. The van der Waals surface area contributed by atoms with Gasteiger partial charge in [-0.05, 0) is 91.8 Å². The molecule has 7 aromatic rings. The Balaban J connectivity index is -0.0000000271. The Hall–Kier alpha value is -0.953. The molecule has 0 saturated carbocycles. The Labute approximate surface area is 796 Å². The van der Waals surface area contributed by atoms with Gasteiger partial charge in [0, 0.05) is 265 Å². The van der Waals surface area contributed by atoms with Crippen molar-refractivity contribution in [3.8, 4) is 23.0 Å². The molecule has 7 heterocycles. The van der Waals surface area contributed by atoms with E-state index in [-0.39, 0.29) is 331 Å². The Bertz CT molecular complexity index is 2770. The minimum atomic E-state index is -0.576. The molecule has 0 bridgehead atoms. The van der Waals surface area contributed by atoms with E-state index in [1.165, 1.54) is 104 Å². The molecule has 33 heteroatoms. The monoisotopic (exact) mass is 1970 g/mol. The van der Waals surface area contributed by atoms with E-state index in [0.29, 0.717) is 31.3 Å². The van der Waals surface area contributed by atoms with Crippen molar-refractivity contribution in [1.29, 1.82) is 0 Å². The molecular weight excluding hydrogens is 1850 g/mol. The Morgan fingerprint density at radius 3 is 0.821 bits per heavy atom. The van der Waals surface area contributed by atoms with Crippen molar-refractivity contribution in [1.82, 2.24) is 34.0 Å². The SMILES string of the molecule is C.CC.CC(C)(C)C.CC(C)(C)C.CC(C)(C)C.CC(C)(C)n1ccc(=O)c(O)c1.CC(C)C.CCC.C[CH-]C.Cc1c[n-]ccc1=O.O=c1[n-]cccc1O.O=c1[n-]cccc1O.O=c1cc[n-]cc1O.O=c1ccccn1O.O=c1ccccn1O.[CH3-].[CH3-].[CH3-].[CH3-].[CH3-].[V+2].[V].[V].[V].[V].[V].[V].[V].[V].[V].[V].[V].[V]. The molecule has 0 fully saturated rings. The van der Waals surface area contributed by atoms with Crippen LogP contribution < -0.4 is 58.5 Å². The molecule has 0 saturated heterocycles. The normalized spacial score (nSPS) is 7.83. The number of rotatable bonds is 0. The van der Waals surface area contributed by atoms with Crippen LogP contribution in [0.4, 0.5) is 0 Å². The molecule has 0 aliphatic carbocycles. The van der Waals surface area contributed by atoms with Gasteiger partial charge in [0.2, 0.25) is 10.9 Å². The van der Waals surface area contributed by atoms with E-state index in [4.69, 9.17) is 30.8 Å². The maximum Gasteiger partial charge on any atom is 2.00 e. The average molecular weight is 1970 g/mol. The average Bonchev–Trinajstić information content (AvgIpc) is 0.869. The summed E-state index contributed by atoms with van der Waals surface area (Å²) in [6.07, 6.45) is 17.1.